The number of benzene rings is 2. The van der Waals surface area contributed by atoms with E-state index in [0.717, 1.165) is 16.8 Å². The summed E-state index contributed by atoms with van der Waals surface area (Å²) in [5.41, 5.74) is 3.83. The highest BCUT2D eigenvalue weighted by Gasteiger charge is 2.07. The molecule has 3 rings (SSSR count). The van der Waals surface area contributed by atoms with Crippen LogP contribution in [0.3, 0.4) is 0 Å². The standard InChI is InChI=1S/C19H17N5O2S/c20-10-8-14-4-6-16(7-5-14)18-9-11-22-19(24-18)23-17-3-1-2-15(12-17)13-27(21,25)26/h1-7,9,11-12H,8,13H2,(H2,21,25,26)(H,22,23,24). The monoisotopic (exact) mass is 379 g/mol. The molecule has 8 heteroatoms. The highest BCUT2D eigenvalue weighted by Crippen LogP contribution is 2.21. The molecule has 0 atom stereocenters. The fraction of sp³-hybridized carbons (Fsp3) is 0.105. The Hall–Kier alpha value is -3.28. The molecule has 0 unspecified atom stereocenters. The van der Waals surface area contributed by atoms with Gasteiger partial charge in [0.15, 0.2) is 0 Å². The van der Waals surface area contributed by atoms with Crippen LogP contribution in [-0.2, 0) is 22.2 Å². The third kappa shape index (κ3) is 5.34. The molecule has 7 nitrogen and oxygen atoms in total. The van der Waals surface area contributed by atoms with Crippen molar-refractivity contribution in [1.82, 2.24) is 9.97 Å². The zero-order valence-electron chi connectivity index (χ0n) is 14.3. The zero-order chi connectivity index (χ0) is 19.3. The fourth-order valence-corrected chi connectivity index (χ4v) is 3.21. The fourth-order valence-electron chi connectivity index (χ4n) is 2.56. The van der Waals surface area contributed by atoms with Gasteiger partial charge in [0, 0.05) is 17.4 Å². The highest BCUT2D eigenvalue weighted by molar-refractivity contribution is 7.88. The van der Waals surface area contributed by atoms with Crippen LogP contribution >= 0.6 is 0 Å². The van der Waals surface area contributed by atoms with E-state index in [1.807, 2.05) is 24.3 Å². The van der Waals surface area contributed by atoms with Crippen molar-refractivity contribution in [2.24, 2.45) is 5.14 Å². The third-order valence-corrected chi connectivity index (χ3v) is 4.48. The summed E-state index contributed by atoms with van der Waals surface area (Å²) < 4.78 is 22.5. The molecule has 0 saturated carbocycles. The lowest BCUT2D eigenvalue weighted by Crippen LogP contribution is -2.14. The van der Waals surface area contributed by atoms with Gasteiger partial charge in [-0.3, -0.25) is 0 Å². The van der Waals surface area contributed by atoms with E-state index in [2.05, 4.69) is 21.4 Å². The van der Waals surface area contributed by atoms with E-state index in [1.54, 1.807) is 36.5 Å². The van der Waals surface area contributed by atoms with Crippen LogP contribution in [0.4, 0.5) is 11.6 Å². The minimum Gasteiger partial charge on any atom is -0.324 e. The van der Waals surface area contributed by atoms with Gasteiger partial charge < -0.3 is 5.32 Å². The van der Waals surface area contributed by atoms with Crippen LogP contribution in [0.1, 0.15) is 11.1 Å². The number of aromatic nitrogens is 2. The van der Waals surface area contributed by atoms with Crippen LogP contribution in [0, 0.1) is 11.3 Å². The van der Waals surface area contributed by atoms with E-state index in [0.29, 0.717) is 23.6 Å². The molecular weight excluding hydrogens is 362 g/mol. The molecular formula is C19H17N5O2S. The van der Waals surface area contributed by atoms with Crippen molar-refractivity contribution in [2.45, 2.75) is 12.2 Å². The predicted octanol–water partition coefficient (Wildman–Crippen LogP) is 2.74. The van der Waals surface area contributed by atoms with Crippen LogP contribution in [0.5, 0.6) is 0 Å². The first-order chi connectivity index (χ1) is 12.9. The molecule has 27 heavy (non-hydrogen) atoms. The zero-order valence-corrected chi connectivity index (χ0v) is 15.1. The lowest BCUT2D eigenvalue weighted by atomic mass is 10.1. The molecule has 0 saturated heterocycles. The summed E-state index contributed by atoms with van der Waals surface area (Å²) in [7, 11) is -3.60. The Balaban J connectivity index is 1.80. The molecule has 0 aliphatic carbocycles. The average Bonchev–Trinajstić information content (AvgIpc) is 2.62. The Kier molecular flexibility index (Phi) is 5.45. The van der Waals surface area contributed by atoms with Crippen molar-refractivity contribution in [2.75, 3.05) is 5.32 Å². The molecule has 3 aromatic rings. The summed E-state index contributed by atoms with van der Waals surface area (Å²) in [6.07, 6.45) is 2.01. The van der Waals surface area contributed by atoms with E-state index in [1.165, 1.54) is 0 Å². The molecule has 0 spiro atoms. The van der Waals surface area contributed by atoms with Gasteiger partial charge in [-0.15, -0.1) is 0 Å². The Labute approximate surface area is 157 Å². The first kappa shape index (κ1) is 18.5. The summed E-state index contributed by atoms with van der Waals surface area (Å²) in [5.74, 6) is 0.153. The molecule has 0 amide bonds. The lowest BCUT2D eigenvalue weighted by molar-refractivity contribution is 0.597. The maximum atomic E-state index is 11.3. The van der Waals surface area contributed by atoms with Crippen LogP contribution in [0.15, 0.2) is 60.8 Å². The van der Waals surface area contributed by atoms with E-state index >= 15 is 0 Å². The number of rotatable bonds is 6. The number of nitriles is 1. The van der Waals surface area contributed by atoms with E-state index in [4.69, 9.17) is 10.4 Å². The Morgan fingerprint density at radius 3 is 2.56 bits per heavy atom. The Morgan fingerprint density at radius 2 is 1.85 bits per heavy atom. The van der Waals surface area contributed by atoms with Crippen molar-refractivity contribution >= 4 is 21.7 Å². The largest absolute Gasteiger partial charge is 0.324 e. The van der Waals surface area contributed by atoms with Crippen molar-refractivity contribution in [1.29, 1.82) is 5.26 Å². The van der Waals surface area contributed by atoms with Crippen molar-refractivity contribution in [3.05, 3.63) is 71.9 Å². The summed E-state index contributed by atoms with van der Waals surface area (Å²) in [4.78, 5) is 8.69. The maximum Gasteiger partial charge on any atom is 0.227 e. The van der Waals surface area contributed by atoms with Gasteiger partial charge in [0.1, 0.15) is 0 Å². The number of anilines is 2. The van der Waals surface area contributed by atoms with Crippen LogP contribution < -0.4 is 10.5 Å². The topological polar surface area (TPSA) is 122 Å². The molecule has 0 radical (unpaired) electrons. The SMILES string of the molecule is N#CCc1ccc(-c2ccnc(Nc3cccc(CS(N)(=O)=O)c3)n2)cc1. The second-order valence-electron chi connectivity index (χ2n) is 5.93. The number of hydrogen-bond acceptors (Lipinski definition) is 6. The minimum atomic E-state index is -3.60. The normalized spacial score (nSPS) is 11.0. The lowest BCUT2D eigenvalue weighted by Gasteiger charge is -2.08. The van der Waals surface area contributed by atoms with Gasteiger partial charge in [0.05, 0.1) is 23.9 Å². The van der Waals surface area contributed by atoms with Crippen LogP contribution in [0.25, 0.3) is 11.3 Å². The third-order valence-electron chi connectivity index (χ3n) is 3.74. The quantitative estimate of drug-likeness (QED) is 0.679. The number of primary sulfonamides is 1. The Bertz CT molecular complexity index is 1090. The molecule has 0 aliphatic heterocycles. The number of nitrogens with one attached hydrogen (secondary N) is 1. The second-order valence-corrected chi connectivity index (χ2v) is 7.54. The molecule has 0 fully saturated rings. The van der Waals surface area contributed by atoms with Gasteiger partial charge >= 0.3 is 0 Å². The molecule has 0 aliphatic rings. The minimum absolute atomic E-state index is 0.238. The van der Waals surface area contributed by atoms with E-state index in [9.17, 15) is 8.42 Å². The Morgan fingerprint density at radius 1 is 1.07 bits per heavy atom. The molecule has 1 heterocycles. The van der Waals surface area contributed by atoms with Gasteiger partial charge in [-0.25, -0.2) is 23.5 Å². The first-order valence-corrected chi connectivity index (χ1v) is 9.80. The number of nitrogens with two attached hydrogens (primary N) is 1. The number of nitrogens with zero attached hydrogens (tertiary/aromatic N) is 3. The van der Waals surface area contributed by atoms with Gasteiger partial charge in [-0.2, -0.15) is 5.26 Å². The molecule has 0 bridgehead atoms. The van der Waals surface area contributed by atoms with Gasteiger partial charge in [-0.05, 0) is 29.3 Å². The summed E-state index contributed by atoms with van der Waals surface area (Å²) in [6.45, 7) is 0. The van der Waals surface area contributed by atoms with Crippen LogP contribution in [0.2, 0.25) is 0 Å². The van der Waals surface area contributed by atoms with E-state index in [-0.39, 0.29) is 5.75 Å². The molecule has 1 aromatic heterocycles. The summed E-state index contributed by atoms with van der Waals surface area (Å²) >= 11 is 0. The number of sulfonamides is 1. The molecule has 3 N–H and O–H groups in total. The van der Waals surface area contributed by atoms with Gasteiger partial charge in [0.25, 0.3) is 0 Å². The van der Waals surface area contributed by atoms with E-state index < -0.39 is 10.0 Å². The van der Waals surface area contributed by atoms with Gasteiger partial charge in [0.2, 0.25) is 16.0 Å². The highest BCUT2D eigenvalue weighted by atomic mass is 32.2. The predicted molar refractivity (Wildman–Crippen MR) is 103 cm³/mol. The van der Waals surface area contributed by atoms with Crippen molar-refractivity contribution in [3.8, 4) is 17.3 Å². The summed E-state index contributed by atoms with van der Waals surface area (Å²) in [5, 5.41) is 16.9. The number of hydrogen-bond donors (Lipinski definition) is 2. The second kappa shape index (κ2) is 7.95. The maximum absolute atomic E-state index is 11.3. The molecule has 136 valence electrons. The van der Waals surface area contributed by atoms with Crippen molar-refractivity contribution in [3.63, 3.8) is 0 Å². The van der Waals surface area contributed by atoms with Crippen LogP contribution in [-0.4, -0.2) is 18.4 Å². The van der Waals surface area contributed by atoms with Crippen molar-refractivity contribution < 1.29 is 8.42 Å². The van der Waals surface area contributed by atoms with Gasteiger partial charge in [-0.1, -0.05) is 36.4 Å². The first-order valence-electron chi connectivity index (χ1n) is 8.09. The average molecular weight is 379 g/mol. The smallest absolute Gasteiger partial charge is 0.227 e. The summed E-state index contributed by atoms with van der Waals surface area (Å²) in [6, 6.07) is 18.4. The molecule has 2 aromatic carbocycles.